The molecule has 1 N–H and O–H groups in total. The van der Waals surface area contributed by atoms with E-state index in [0.29, 0.717) is 28.3 Å². The second-order valence-corrected chi connectivity index (χ2v) is 8.03. The van der Waals surface area contributed by atoms with Crippen molar-refractivity contribution in [2.24, 2.45) is 0 Å². The zero-order chi connectivity index (χ0) is 18.5. The number of hydrogen-bond acceptors (Lipinski definition) is 7. The van der Waals surface area contributed by atoms with Crippen molar-refractivity contribution in [3.8, 4) is 11.4 Å². The second kappa shape index (κ2) is 8.52. The Hall–Kier alpha value is -2.10. The molecule has 1 amide bonds. The lowest BCUT2D eigenvalue weighted by atomic mass is 10.3. The van der Waals surface area contributed by atoms with E-state index in [-0.39, 0.29) is 17.4 Å². The number of amides is 1. The van der Waals surface area contributed by atoms with Gasteiger partial charge in [0.15, 0.2) is 0 Å². The molecule has 0 unspecified atom stereocenters. The number of carbonyl (C=O) groups is 1. The summed E-state index contributed by atoms with van der Waals surface area (Å²) in [4.78, 5) is 15.4. The molecule has 0 fully saturated rings. The van der Waals surface area contributed by atoms with Gasteiger partial charge in [-0.15, -0.1) is 16.4 Å². The number of thiophene rings is 1. The number of phenols is 1. The van der Waals surface area contributed by atoms with E-state index in [4.69, 9.17) is 11.6 Å². The molecule has 0 saturated carbocycles. The Kier molecular flexibility index (Phi) is 6.12. The predicted octanol–water partition coefficient (Wildman–Crippen LogP) is 3.22. The highest BCUT2D eigenvalue weighted by Crippen LogP contribution is 2.24. The monoisotopic (exact) mass is 409 g/mol. The van der Waals surface area contributed by atoms with Gasteiger partial charge >= 0.3 is 0 Å². The smallest absolute Gasteiger partial charge is 0.233 e. The number of tetrazole rings is 1. The second-order valence-electron chi connectivity index (χ2n) is 5.29. The van der Waals surface area contributed by atoms with Gasteiger partial charge < -0.3 is 10.0 Å². The van der Waals surface area contributed by atoms with Crippen molar-refractivity contribution in [2.45, 2.75) is 18.6 Å². The van der Waals surface area contributed by atoms with Gasteiger partial charge in [0, 0.05) is 11.4 Å². The highest BCUT2D eigenvalue weighted by molar-refractivity contribution is 7.99. The number of phenolic OH excluding ortho intramolecular Hbond substituents is 1. The summed E-state index contributed by atoms with van der Waals surface area (Å²) in [5.41, 5.74) is 0.711. The minimum absolute atomic E-state index is 0.00211. The van der Waals surface area contributed by atoms with Crippen LogP contribution in [0.5, 0.6) is 5.75 Å². The molecule has 2 aromatic heterocycles. The molecule has 7 nitrogen and oxygen atoms in total. The third-order valence-electron chi connectivity index (χ3n) is 3.57. The SMILES string of the molecule is CCN(Cc1ccc(Cl)s1)C(=O)CSc1nnnn1-c1ccc(O)cc1. The summed E-state index contributed by atoms with van der Waals surface area (Å²) in [5.74, 6) is 0.395. The molecule has 0 spiro atoms. The van der Waals surface area contributed by atoms with Gasteiger partial charge in [-0.25, -0.2) is 0 Å². The van der Waals surface area contributed by atoms with Crippen LogP contribution >= 0.6 is 34.7 Å². The van der Waals surface area contributed by atoms with E-state index in [0.717, 1.165) is 4.88 Å². The maximum absolute atomic E-state index is 12.5. The summed E-state index contributed by atoms with van der Waals surface area (Å²) in [6.07, 6.45) is 0. The van der Waals surface area contributed by atoms with E-state index in [1.165, 1.54) is 27.8 Å². The molecule has 26 heavy (non-hydrogen) atoms. The van der Waals surface area contributed by atoms with Crippen molar-refractivity contribution in [3.05, 3.63) is 45.6 Å². The van der Waals surface area contributed by atoms with Crippen LogP contribution in [-0.4, -0.2) is 48.4 Å². The van der Waals surface area contributed by atoms with Crippen LogP contribution in [0.25, 0.3) is 5.69 Å². The lowest BCUT2D eigenvalue weighted by Crippen LogP contribution is -2.31. The van der Waals surface area contributed by atoms with Crippen molar-refractivity contribution >= 4 is 40.6 Å². The highest BCUT2D eigenvalue weighted by atomic mass is 35.5. The summed E-state index contributed by atoms with van der Waals surface area (Å²) in [6.45, 7) is 3.09. The Morgan fingerprint density at radius 1 is 1.31 bits per heavy atom. The van der Waals surface area contributed by atoms with E-state index in [1.54, 1.807) is 29.2 Å². The van der Waals surface area contributed by atoms with E-state index >= 15 is 0 Å². The first kappa shape index (κ1) is 18.7. The fraction of sp³-hybridized carbons (Fsp3) is 0.250. The van der Waals surface area contributed by atoms with Crippen LogP contribution in [0.3, 0.4) is 0 Å². The summed E-state index contributed by atoms with van der Waals surface area (Å²) >= 11 is 8.70. The summed E-state index contributed by atoms with van der Waals surface area (Å²) in [7, 11) is 0. The molecule has 10 heteroatoms. The van der Waals surface area contributed by atoms with Crippen LogP contribution in [0.1, 0.15) is 11.8 Å². The number of rotatable bonds is 7. The summed E-state index contributed by atoms with van der Waals surface area (Å²) in [5, 5.41) is 21.5. The van der Waals surface area contributed by atoms with Crippen molar-refractivity contribution in [3.63, 3.8) is 0 Å². The first-order valence-electron chi connectivity index (χ1n) is 7.79. The van der Waals surface area contributed by atoms with Gasteiger partial charge in [0.25, 0.3) is 0 Å². The van der Waals surface area contributed by atoms with Gasteiger partial charge in [0.2, 0.25) is 11.1 Å². The Morgan fingerprint density at radius 3 is 2.73 bits per heavy atom. The topological polar surface area (TPSA) is 84.1 Å². The van der Waals surface area contributed by atoms with Crippen LogP contribution in [0.4, 0.5) is 0 Å². The van der Waals surface area contributed by atoms with Gasteiger partial charge in [-0.3, -0.25) is 4.79 Å². The third-order valence-corrected chi connectivity index (χ3v) is 5.69. The number of benzene rings is 1. The Bertz CT molecular complexity index is 881. The largest absolute Gasteiger partial charge is 0.508 e. The van der Waals surface area contributed by atoms with Crippen LogP contribution in [0.2, 0.25) is 4.34 Å². The molecule has 1 aromatic carbocycles. The molecule has 3 aromatic rings. The molecule has 0 atom stereocenters. The molecule has 0 aliphatic carbocycles. The van der Waals surface area contributed by atoms with Crippen LogP contribution < -0.4 is 0 Å². The van der Waals surface area contributed by atoms with E-state index in [9.17, 15) is 9.90 Å². The third kappa shape index (κ3) is 4.54. The summed E-state index contributed by atoms with van der Waals surface area (Å²) in [6, 6.07) is 10.3. The lowest BCUT2D eigenvalue weighted by Gasteiger charge is -2.19. The van der Waals surface area contributed by atoms with Gasteiger partial charge in [-0.2, -0.15) is 4.68 Å². The average Bonchev–Trinajstić information content (AvgIpc) is 3.27. The standard InChI is InChI=1S/C16H16ClN5O2S2/c1-2-21(9-13-7-8-14(17)26-13)15(24)10-25-16-18-19-20-22(16)11-3-5-12(23)6-4-11/h3-8,23H,2,9-10H2,1H3. The number of nitrogens with zero attached hydrogens (tertiary/aromatic N) is 5. The molecule has 0 aliphatic rings. The van der Waals surface area contributed by atoms with Gasteiger partial charge in [-0.05, 0) is 53.7 Å². The first-order chi connectivity index (χ1) is 12.6. The predicted molar refractivity (Wildman–Crippen MR) is 102 cm³/mol. The van der Waals surface area contributed by atoms with Gasteiger partial charge in [0.1, 0.15) is 5.75 Å². The number of aromatic nitrogens is 4. The molecule has 0 aliphatic heterocycles. The zero-order valence-electron chi connectivity index (χ0n) is 13.9. The molecule has 0 saturated heterocycles. The van der Waals surface area contributed by atoms with Crippen molar-refractivity contribution in [1.29, 1.82) is 0 Å². The fourth-order valence-corrected chi connectivity index (χ4v) is 4.14. The van der Waals surface area contributed by atoms with Crippen molar-refractivity contribution < 1.29 is 9.90 Å². The first-order valence-corrected chi connectivity index (χ1v) is 9.97. The Balaban J connectivity index is 1.64. The number of halogens is 1. The molecule has 0 bridgehead atoms. The Morgan fingerprint density at radius 2 is 2.08 bits per heavy atom. The minimum Gasteiger partial charge on any atom is -0.508 e. The van der Waals surface area contributed by atoms with Gasteiger partial charge in [-0.1, -0.05) is 23.4 Å². The number of carbonyl (C=O) groups excluding carboxylic acids is 1. The molecular weight excluding hydrogens is 394 g/mol. The number of thioether (sulfide) groups is 1. The Labute approximate surface area is 163 Å². The zero-order valence-corrected chi connectivity index (χ0v) is 16.3. The molecule has 0 radical (unpaired) electrons. The molecule has 3 rings (SSSR count). The maximum atomic E-state index is 12.5. The van der Waals surface area contributed by atoms with Crippen LogP contribution in [0.15, 0.2) is 41.6 Å². The quantitative estimate of drug-likeness (QED) is 0.603. The normalized spacial score (nSPS) is 10.8. The maximum Gasteiger partial charge on any atom is 0.233 e. The van der Waals surface area contributed by atoms with E-state index in [2.05, 4.69) is 15.5 Å². The number of aromatic hydroxyl groups is 1. The molecular formula is C16H16ClN5O2S2. The van der Waals surface area contributed by atoms with Crippen LogP contribution in [0, 0.1) is 0 Å². The lowest BCUT2D eigenvalue weighted by molar-refractivity contribution is -0.128. The van der Waals surface area contributed by atoms with Crippen molar-refractivity contribution in [2.75, 3.05) is 12.3 Å². The fourth-order valence-electron chi connectivity index (χ4n) is 2.24. The van der Waals surface area contributed by atoms with Crippen molar-refractivity contribution in [1.82, 2.24) is 25.1 Å². The van der Waals surface area contributed by atoms with Crippen LogP contribution in [-0.2, 0) is 11.3 Å². The minimum atomic E-state index is 0.00211. The molecule has 2 heterocycles. The van der Waals surface area contributed by atoms with E-state index < -0.39 is 0 Å². The molecule has 136 valence electrons. The van der Waals surface area contributed by atoms with Gasteiger partial charge in [0.05, 0.1) is 22.3 Å². The van der Waals surface area contributed by atoms with E-state index in [1.807, 2.05) is 19.1 Å². The number of hydrogen-bond donors (Lipinski definition) is 1. The average molecular weight is 410 g/mol. The highest BCUT2D eigenvalue weighted by Gasteiger charge is 2.16. The summed E-state index contributed by atoms with van der Waals surface area (Å²) < 4.78 is 2.25.